The lowest BCUT2D eigenvalue weighted by Crippen LogP contribution is -2.48. The van der Waals surface area contributed by atoms with Gasteiger partial charge in [-0.1, -0.05) is 59.3 Å². The van der Waals surface area contributed by atoms with Crippen LogP contribution in [0.3, 0.4) is 0 Å². The van der Waals surface area contributed by atoms with Gasteiger partial charge in [0.2, 0.25) is 20.2 Å². The number of ether oxygens (including phenoxy) is 1. The zero-order valence-corrected chi connectivity index (χ0v) is 29.4. The van der Waals surface area contributed by atoms with Gasteiger partial charge in [0.15, 0.2) is 5.60 Å². The predicted molar refractivity (Wildman–Crippen MR) is 183 cm³/mol. The van der Waals surface area contributed by atoms with E-state index in [4.69, 9.17) is 4.74 Å². The van der Waals surface area contributed by atoms with Crippen molar-refractivity contribution in [2.24, 2.45) is 5.92 Å². The van der Waals surface area contributed by atoms with Crippen LogP contribution in [0.2, 0.25) is 18.6 Å². The minimum Gasteiger partial charge on any atom is -0.394 e. The largest absolute Gasteiger partial charge is 0.394 e. The number of fused-ring (bicyclic) bond motifs is 3. The molecule has 11 heteroatoms. The molecule has 0 bridgehead atoms. The van der Waals surface area contributed by atoms with Crippen LogP contribution in [0.15, 0.2) is 71.2 Å². The van der Waals surface area contributed by atoms with Crippen LogP contribution in [0, 0.1) is 5.92 Å². The Bertz CT molecular complexity index is 1770. The van der Waals surface area contributed by atoms with Crippen molar-refractivity contribution in [2.75, 3.05) is 23.0 Å². The Hall–Kier alpha value is -3.38. The highest BCUT2D eigenvalue weighted by atomic mass is 79.9. The van der Waals surface area contributed by atoms with E-state index in [9.17, 15) is 19.5 Å². The molecule has 3 aromatic rings. The van der Waals surface area contributed by atoms with Gasteiger partial charge in [0.25, 0.3) is 5.91 Å². The molecule has 2 saturated heterocycles. The third-order valence-corrected chi connectivity index (χ3v) is 13.5. The Balaban J connectivity index is 1.22. The molecule has 5 atom stereocenters. The van der Waals surface area contributed by atoms with Crippen molar-refractivity contribution in [2.45, 2.75) is 75.7 Å². The molecule has 3 amide bonds. The Morgan fingerprint density at radius 3 is 2.53 bits per heavy atom. The maximum absolute atomic E-state index is 16.4. The summed E-state index contributed by atoms with van der Waals surface area (Å²) >= 11 is 3.58. The van der Waals surface area contributed by atoms with Crippen molar-refractivity contribution in [3.63, 3.8) is 0 Å². The third-order valence-electron chi connectivity index (χ3n) is 10.6. The summed E-state index contributed by atoms with van der Waals surface area (Å²) in [6.45, 7) is 6.24. The van der Waals surface area contributed by atoms with Gasteiger partial charge in [-0.05, 0) is 66.5 Å². The number of halogens is 2. The lowest BCUT2D eigenvalue weighted by atomic mass is 9.82. The highest BCUT2D eigenvalue weighted by Gasteiger charge is 2.67. The number of rotatable bonds is 7. The van der Waals surface area contributed by atoms with Crippen molar-refractivity contribution in [1.29, 1.82) is 0 Å². The molecule has 47 heavy (non-hydrogen) atoms. The van der Waals surface area contributed by atoms with E-state index >= 15 is 4.11 Å². The Labute approximate surface area is 283 Å². The molecule has 7 rings (SSSR count). The van der Waals surface area contributed by atoms with Crippen LogP contribution in [0.1, 0.15) is 42.0 Å². The number of anilines is 2. The van der Waals surface area contributed by atoms with Crippen LogP contribution in [-0.4, -0.2) is 61.4 Å². The maximum Gasteiger partial charge on any atom is 0.264 e. The quantitative estimate of drug-likeness (QED) is 0.188. The molecule has 8 nitrogen and oxygen atoms in total. The smallest absolute Gasteiger partial charge is 0.264 e. The van der Waals surface area contributed by atoms with Crippen LogP contribution in [0.25, 0.3) is 0 Å². The number of amides is 3. The molecule has 4 aliphatic heterocycles. The van der Waals surface area contributed by atoms with Crippen molar-refractivity contribution in [1.82, 2.24) is 4.90 Å². The van der Waals surface area contributed by atoms with Gasteiger partial charge in [-0.2, -0.15) is 0 Å². The summed E-state index contributed by atoms with van der Waals surface area (Å²) in [5, 5.41) is 10.2. The first-order valence-electron chi connectivity index (χ1n) is 16.3. The number of hydrogen-bond acceptors (Lipinski definition) is 5. The van der Waals surface area contributed by atoms with Crippen LogP contribution < -0.4 is 9.80 Å². The standard InChI is InChI=1S/C36H39BrFN3O5Si/c1-22-34(47(2,3)38)31(18-33(44)40-20-25-9-5-4-8-24(25)16-28(40)21-42)46-36(22)29-17-26(37)11-12-30(29)41(35(36)45)19-23-7-6-10-27(15-23)39-14-13-32(39)43/h4-12,15,17,22,28,31,34,42H,13-14,16,18-21H2,1-3H3/t22-,28-,31+,34-,36+/m0/s1. The van der Waals surface area contributed by atoms with E-state index in [0.29, 0.717) is 37.2 Å². The summed E-state index contributed by atoms with van der Waals surface area (Å²) in [7, 11) is -3.49. The van der Waals surface area contributed by atoms with Gasteiger partial charge in [-0.25, -0.2) is 0 Å². The second-order valence-corrected chi connectivity index (χ2v) is 18.5. The van der Waals surface area contributed by atoms with Crippen molar-refractivity contribution in [3.8, 4) is 0 Å². The van der Waals surface area contributed by atoms with Gasteiger partial charge in [0.1, 0.15) is 0 Å². The monoisotopic (exact) mass is 719 g/mol. The summed E-state index contributed by atoms with van der Waals surface area (Å²) in [4.78, 5) is 46.1. The van der Waals surface area contributed by atoms with Crippen LogP contribution >= 0.6 is 15.9 Å². The van der Waals surface area contributed by atoms with Crippen LogP contribution in [0.5, 0.6) is 0 Å². The molecule has 2 fully saturated rings. The Morgan fingerprint density at radius 2 is 1.85 bits per heavy atom. The lowest BCUT2D eigenvalue weighted by Gasteiger charge is -2.37. The first-order valence-corrected chi connectivity index (χ1v) is 20.0. The van der Waals surface area contributed by atoms with E-state index < -0.39 is 31.6 Å². The molecule has 246 valence electrons. The summed E-state index contributed by atoms with van der Waals surface area (Å²) < 4.78 is 24.0. The average Bonchev–Trinajstić information content (AvgIpc) is 3.45. The molecule has 4 heterocycles. The van der Waals surface area contributed by atoms with Gasteiger partial charge in [-0.3, -0.25) is 14.4 Å². The van der Waals surface area contributed by atoms with Crippen LogP contribution in [0.4, 0.5) is 15.5 Å². The molecular weight excluding hydrogens is 681 g/mol. The third kappa shape index (κ3) is 5.35. The van der Waals surface area contributed by atoms with Crippen molar-refractivity contribution >= 4 is 53.4 Å². The highest BCUT2D eigenvalue weighted by Crippen LogP contribution is 2.60. The van der Waals surface area contributed by atoms with Gasteiger partial charge in [0.05, 0.1) is 37.4 Å². The zero-order valence-electron chi connectivity index (χ0n) is 26.8. The first kappa shape index (κ1) is 32.2. The summed E-state index contributed by atoms with van der Waals surface area (Å²) in [5.74, 6) is -0.962. The molecule has 0 radical (unpaired) electrons. The molecule has 0 aromatic heterocycles. The van der Waals surface area contributed by atoms with E-state index in [1.54, 1.807) is 27.8 Å². The van der Waals surface area contributed by atoms with Crippen molar-refractivity contribution in [3.05, 3.63) is 93.5 Å². The minimum atomic E-state index is -3.49. The zero-order chi connectivity index (χ0) is 33.2. The summed E-state index contributed by atoms with van der Waals surface area (Å²) in [6, 6.07) is 20.8. The van der Waals surface area contributed by atoms with Gasteiger partial charge >= 0.3 is 0 Å². The van der Waals surface area contributed by atoms with E-state index in [1.807, 2.05) is 73.7 Å². The number of aliphatic hydroxyl groups excluding tert-OH is 1. The molecule has 1 spiro atoms. The van der Waals surface area contributed by atoms with E-state index in [0.717, 1.165) is 26.9 Å². The molecule has 1 N–H and O–H groups in total. The SMILES string of the molecule is C[C@H]1[C@H]([Si](C)(C)F)[C@@H](CC(=O)N2Cc3ccccc3C[C@H]2CO)O[C@]12C(=O)N(Cc1cccc(N3CCC3=O)c1)c1ccc(Br)cc12. The number of benzene rings is 3. The summed E-state index contributed by atoms with van der Waals surface area (Å²) in [5.41, 5.74) is 3.04. The average molecular weight is 721 g/mol. The number of hydrogen-bond donors (Lipinski definition) is 1. The van der Waals surface area contributed by atoms with Crippen LogP contribution in [-0.2, 0) is 44.2 Å². The fourth-order valence-corrected chi connectivity index (χ4v) is 11.2. The second-order valence-electron chi connectivity index (χ2n) is 13.8. The fraction of sp³-hybridized carbons (Fsp3) is 0.417. The Kier molecular flexibility index (Phi) is 8.18. The molecule has 4 aliphatic rings. The lowest BCUT2D eigenvalue weighted by molar-refractivity contribution is -0.151. The minimum absolute atomic E-state index is 0.0745. The van der Waals surface area contributed by atoms with Gasteiger partial charge in [0, 0.05) is 46.7 Å². The fourth-order valence-electron chi connectivity index (χ4n) is 8.30. The molecule has 0 saturated carbocycles. The highest BCUT2D eigenvalue weighted by molar-refractivity contribution is 9.10. The van der Waals surface area contributed by atoms with Crippen molar-refractivity contribution < 1.29 is 28.3 Å². The number of β-lactam (4-membered cyclic amide) rings is 1. The molecular formula is C36H39BrFN3O5Si. The van der Waals surface area contributed by atoms with E-state index in [1.165, 1.54) is 0 Å². The van der Waals surface area contributed by atoms with E-state index in [2.05, 4.69) is 15.9 Å². The maximum atomic E-state index is 16.4. The summed E-state index contributed by atoms with van der Waals surface area (Å²) in [6.07, 6.45) is 0.161. The predicted octanol–water partition coefficient (Wildman–Crippen LogP) is 5.84. The van der Waals surface area contributed by atoms with Gasteiger partial charge < -0.3 is 28.7 Å². The second kappa shape index (κ2) is 11.9. The van der Waals surface area contributed by atoms with Gasteiger partial charge in [-0.15, -0.1) is 0 Å². The number of carbonyl (C=O) groups excluding carboxylic acids is 3. The number of aliphatic hydroxyl groups is 1. The molecule has 3 aromatic carbocycles. The number of nitrogens with zero attached hydrogens (tertiary/aromatic N) is 3. The number of carbonyl (C=O) groups is 3. The molecule has 0 aliphatic carbocycles. The first-order chi connectivity index (χ1) is 22.4. The molecule has 0 unspecified atom stereocenters. The Morgan fingerprint density at radius 1 is 1.09 bits per heavy atom. The normalized spacial score (nSPS) is 26.9. The van der Waals surface area contributed by atoms with E-state index in [-0.39, 0.29) is 43.3 Å². The topological polar surface area (TPSA) is 90.4 Å².